The summed E-state index contributed by atoms with van der Waals surface area (Å²) < 4.78 is 26.6. The van der Waals surface area contributed by atoms with Crippen molar-refractivity contribution in [3.63, 3.8) is 0 Å². The molecule has 0 atom stereocenters. The van der Waals surface area contributed by atoms with Gasteiger partial charge in [0.15, 0.2) is 0 Å². The molecule has 2 aromatic rings. The molecule has 0 heterocycles. The van der Waals surface area contributed by atoms with Gasteiger partial charge in [0.1, 0.15) is 0 Å². The Morgan fingerprint density at radius 1 is 1.12 bits per heavy atom. The van der Waals surface area contributed by atoms with Gasteiger partial charge in [-0.1, -0.05) is 23.7 Å². The summed E-state index contributed by atoms with van der Waals surface area (Å²) in [6, 6.07) is 13.3. The molecule has 0 aliphatic heterocycles. The molecule has 0 fully saturated rings. The van der Waals surface area contributed by atoms with Crippen LogP contribution in [-0.2, 0) is 21.2 Å². The summed E-state index contributed by atoms with van der Waals surface area (Å²) in [5, 5.41) is 3.40. The van der Waals surface area contributed by atoms with E-state index in [-0.39, 0.29) is 16.8 Å². The molecule has 0 spiro atoms. The minimum atomic E-state index is -3.53. The van der Waals surface area contributed by atoms with E-state index in [9.17, 15) is 13.2 Å². The molecule has 7 heteroatoms. The summed E-state index contributed by atoms with van der Waals surface area (Å²) in [4.78, 5) is 12.2. The van der Waals surface area contributed by atoms with Gasteiger partial charge in [-0.15, -0.1) is 0 Å². The number of hydrogen-bond donors (Lipinski definition) is 2. The van der Waals surface area contributed by atoms with E-state index in [2.05, 4.69) is 10.0 Å². The Bertz CT molecular complexity index is 834. The standard InChI is InChI=1S/C18H21ClN2O3S/c1-13(2)21-25(23,24)17-9-7-16(8-10-17)20-18(22)11-6-14-4-3-5-15(19)12-14/h3-5,7-10,12-13,21H,6,11H2,1-2H3,(H,20,22). The molecule has 0 saturated heterocycles. The van der Waals surface area contributed by atoms with E-state index < -0.39 is 10.0 Å². The second-order valence-corrected chi connectivity index (χ2v) is 8.13. The van der Waals surface area contributed by atoms with Crippen molar-refractivity contribution in [2.24, 2.45) is 0 Å². The molecule has 0 bridgehead atoms. The van der Waals surface area contributed by atoms with Crippen LogP contribution in [0.15, 0.2) is 53.4 Å². The largest absolute Gasteiger partial charge is 0.326 e. The Kier molecular flexibility index (Phi) is 6.58. The van der Waals surface area contributed by atoms with Crippen LogP contribution in [-0.4, -0.2) is 20.4 Å². The first-order valence-corrected chi connectivity index (χ1v) is 9.79. The molecule has 5 nitrogen and oxygen atoms in total. The van der Waals surface area contributed by atoms with E-state index in [1.165, 1.54) is 12.1 Å². The molecular weight excluding hydrogens is 360 g/mol. The topological polar surface area (TPSA) is 75.3 Å². The van der Waals surface area contributed by atoms with Crippen molar-refractivity contribution in [3.05, 3.63) is 59.1 Å². The van der Waals surface area contributed by atoms with Crippen LogP contribution in [0.5, 0.6) is 0 Å². The second-order valence-electron chi connectivity index (χ2n) is 5.98. The molecule has 0 aliphatic carbocycles. The lowest BCUT2D eigenvalue weighted by molar-refractivity contribution is -0.116. The highest BCUT2D eigenvalue weighted by Gasteiger charge is 2.15. The molecule has 2 aromatic carbocycles. The number of halogens is 1. The van der Waals surface area contributed by atoms with Crippen molar-refractivity contribution in [1.82, 2.24) is 4.72 Å². The number of anilines is 1. The van der Waals surface area contributed by atoms with Crippen LogP contribution in [0.2, 0.25) is 5.02 Å². The fourth-order valence-corrected chi connectivity index (χ4v) is 3.73. The van der Waals surface area contributed by atoms with Gasteiger partial charge in [-0.25, -0.2) is 13.1 Å². The summed E-state index contributed by atoms with van der Waals surface area (Å²) in [6.45, 7) is 3.51. The number of amides is 1. The van der Waals surface area contributed by atoms with Crippen LogP contribution in [0.4, 0.5) is 5.69 Å². The molecular formula is C18H21ClN2O3S. The predicted octanol–water partition coefficient (Wildman–Crippen LogP) is 3.60. The third-order valence-corrected chi connectivity index (χ3v) is 5.28. The lowest BCUT2D eigenvalue weighted by Crippen LogP contribution is -2.30. The monoisotopic (exact) mass is 380 g/mol. The maximum absolute atomic E-state index is 12.1. The lowest BCUT2D eigenvalue weighted by atomic mass is 10.1. The molecule has 0 radical (unpaired) electrons. The van der Waals surface area contributed by atoms with Crippen LogP contribution in [0.3, 0.4) is 0 Å². The first-order valence-electron chi connectivity index (χ1n) is 7.93. The van der Waals surface area contributed by atoms with Crippen molar-refractivity contribution < 1.29 is 13.2 Å². The number of nitrogens with one attached hydrogen (secondary N) is 2. The molecule has 0 saturated carbocycles. The zero-order valence-electron chi connectivity index (χ0n) is 14.1. The van der Waals surface area contributed by atoms with Gasteiger partial charge in [-0.3, -0.25) is 4.79 Å². The first kappa shape index (κ1) is 19.4. The van der Waals surface area contributed by atoms with Crippen molar-refractivity contribution in [2.45, 2.75) is 37.6 Å². The molecule has 0 aromatic heterocycles. The minimum Gasteiger partial charge on any atom is -0.326 e. The Morgan fingerprint density at radius 2 is 1.80 bits per heavy atom. The van der Waals surface area contributed by atoms with Crippen molar-refractivity contribution in [2.75, 3.05) is 5.32 Å². The lowest BCUT2D eigenvalue weighted by Gasteiger charge is -2.10. The van der Waals surface area contributed by atoms with Crippen LogP contribution < -0.4 is 10.0 Å². The molecule has 134 valence electrons. The average molecular weight is 381 g/mol. The number of carbonyl (C=O) groups is 1. The van der Waals surface area contributed by atoms with Gasteiger partial charge in [-0.2, -0.15) is 0 Å². The van der Waals surface area contributed by atoms with Crippen molar-refractivity contribution >= 4 is 33.2 Å². The number of rotatable bonds is 7. The van der Waals surface area contributed by atoms with Crippen LogP contribution in [0.1, 0.15) is 25.8 Å². The van der Waals surface area contributed by atoms with Crippen molar-refractivity contribution in [3.8, 4) is 0 Å². The molecule has 2 N–H and O–H groups in total. The van der Waals surface area contributed by atoms with Crippen molar-refractivity contribution in [1.29, 1.82) is 0 Å². The maximum atomic E-state index is 12.1. The fourth-order valence-electron chi connectivity index (χ4n) is 2.27. The van der Waals surface area contributed by atoms with E-state index in [1.807, 2.05) is 18.2 Å². The molecule has 0 aliphatic rings. The summed E-state index contributed by atoms with van der Waals surface area (Å²) in [5.41, 5.74) is 1.54. The Balaban J connectivity index is 1.93. The highest BCUT2D eigenvalue weighted by Crippen LogP contribution is 2.16. The average Bonchev–Trinajstić information content (AvgIpc) is 2.52. The fraction of sp³-hybridized carbons (Fsp3) is 0.278. The Labute approximate surface area is 153 Å². The quantitative estimate of drug-likeness (QED) is 0.770. The number of sulfonamides is 1. The Hall–Kier alpha value is -1.89. The molecule has 25 heavy (non-hydrogen) atoms. The second kappa shape index (κ2) is 8.47. The smallest absolute Gasteiger partial charge is 0.240 e. The summed E-state index contributed by atoms with van der Waals surface area (Å²) in [7, 11) is -3.53. The number of carbonyl (C=O) groups excluding carboxylic acids is 1. The zero-order valence-corrected chi connectivity index (χ0v) is 15.7. The van der Waals surface area contributed by atoms with Gasteiger partial charge in [-0.05, 0) is 62.2 Å². The molecule has 2 rings (SSSR count). The van der Waals surface area contributed by atoms with Gasteiger partial charge in [0, 0.05) is 23.2 Å². The van der Waals surface area contributed by atoms with Crippen LogP contribution >= 0.6 is 11.6 Å². The Morgan fingerprint density at radius 3 is 2.40 bits per heavy atom. The predicted molar refractivity (Wildman–Crippen MR) is 100 cm³/mol. The molecule has 0 unspecified atom stereocenters. The summed E-state index contributed by atoms with van der Waals surface area (Å²) in [6.07, 6.45) is 0.895. The first-order chi connectivity index (χ1) is 11.8. The van der Waals surface area contributed by atoms with Gasteiger partial charge in [0.25, 0.3) is 0 Å². The van der Waals surface area contributed by atoms with E-state index in [1.54, 1.807) is 32.0 Å². The zero-order chi connectivity index (χ0) is 18.4. The van der Waals surface area contributed by atoms with E-state index in [0.29, 0.717) is 23.6 Å². The number of aryl methyl sites for hydroxylation is 1. The van der Waals surface area contributed by atoms with Gasteiger partial charge < -0.3 is 5.32 Å². The summed E-state index contributed by atoms with van der Waals surface area (Å²) in [5.74, 6) is -0.143. The third-order valence-electron chi connectivity index (χ3n) is 3.37. The number of hydrogen-bond acceptors (Lipinski definition) is 3. The summed E-state index contributed by atoms with van der Waals surface area (Å²) >= 11 is 5.92. The van der Waals surface area contributed by atoms with Gasteiger partial charge in [0.2, 0.25) is 15.9 Å². The third kappa shape index (κ3) is 6.16. The van der Waals surface area contributed by atoms with E-state index >= 15 is 0 Å². The number of benzene rings is 2. The highest BCUT2D eigenvalue weighted by atomic mass is 35.5. The minimum absolute atomic E-state index is 0.143. The SMILES string of the molecule is CC(C)NS(=O)(=O)c1ccc(NC(=O)CCc2cccc(Cl)c2)cc1. The normalized spacial score (nSPS) is 11.5. The van der Waals surface area contributed by atoms with Crippen LogP contribution in [0.25, 0.3) is 0 Å². The van der Waals surface area contributed by atoms with E-state index in [0.717, 1.165) is 5.56 Å². The van der Waals surface area contributed by atoms with Crippen LogP contribution in [0, 0.1) is 0 Å². The molecule has 1 amide bonds. The van der Waals surface area contributed by atoms with Gasteiger partial charge in [0.05, 0.1) is 4.90 Å². The maximum Gasteiger partial charge on any atom is 0.240 e. The van der Waals surface area contributed by atoms with E-state index in [4.69, 9.17) is 11.6 Å². The van der Waals surface area contributed by atoms with Gasteiger partial charge >= 0.3 is 0 Å². The highest BCUT2D eigenvalue weighted by molar-refractivity contribution is 7.89.